The van der Waals surface area contributed by atoms with E-state index in [-0.39, 0.29) is 6.42 Å². The maximum atomic E-state index is 11.2. The highest BCUT2D eigenvalue weighted by Crippen LogP contribution is 2.23. The van der Waals surface area contributed by atoms with E-state index in [1.54, 1.807) is 0 Å². The smallest absolute Gasteiger partial charge is 0.307 e. The van der Waals surface area contributed by atoms with Gasteiger partial charge < -0.3 is 10.1 Å². The molecule has 0 aliphatic carbocycles. The highest BCUT2D eigenvalue weighted by atomic mass is 79.9. The van der Waals surface area contributed by atoms with Gasteiger partial charge in [0.05, 0.1) is 17.5 Å². The van der Waals surface area contributed by atoms with E-state index in [1.165, 1.54) is 0 Å². The van der Waals surface area contributed by atoms with Gasteiger partial charge in [0.2, 0.25) is 0 Å². The first-order valence-corrected chi connectivity index (χ1v) is 7.54. The van der Waals surface area contributed by atoms with E-state index in [9.17, 15) is 4.79 Å². The number of benzene rings is 2. The van der Waals surface area contributed by atoms with Gasteiger partial charge in [-0.3, -0.25) is 4.79 Å². The largest absolute Gasteiger partial charge is 0.481 e. The molecule has 3 rings (SSSR count). The Morgan fingerprint density at radius 2 is 1.91 bits per heavy atom. The van der Waals surface area contributed by atoms with Crippen LogP contribution in [-0.4, -0.2) is 21.0 Å². The fourth-order valence-corrected chi connectivity index (χ4v) is 2.50. The number of halogens is 1. The Balaban J connectivity index is 2.05. The number of aromatic amines is 1. The lowest BCUT2D eigenvalue weighted by Crippen LogP contribution is -1.98. The molecule has 2 aromatic carbocycles. The van der Waals surface area contributed by atoms with Gasteiger partial charge in [-0.15, -0.1) is 0 Å². The number of nitrogens with one attached hydrogen (secondary N) is 1. The Morgan fingerprint density at radius 3 is 2.59 bits per heavy atom. The number of carboxylic acid groups (broad SMARTS) is 1. The van der Waals surface area contributed by atoms with Gasteiger partial charge in [0.15, 0.2) is 0 Å². The molecule has 0 radical (unpaired) electrons. The van der Waals surface area contributed by atoms with Gasteiger partial charge in [-0.25, -0.2) is 4.98 Å². The third kappa shape index (κ3) is 3.26. The van der Waals surface area contributed by atoms with Gasteiger partial charge in [-0.2, -0.15) is 0 Å². The van der Waals surface area contributed by atoms with Crippen LogP contribution in [0.15, 0.2) is 53.0 Å². The highest BCUT2D eigenvalue weighted by Gasteiger charge is 2.11. The summed E-state index contributed by atoms with van der Waals surface area (Å²) in [4.78, 5) is 18.8. The summed E-state index contributed by atoms with van der Waals surface area (Å²) < 4.78 is 0.980. The molecular formula is C17H13BrN2O2. The molecule has 0 fully saturated rings. The number of carbonyl (C=O) groups is 1. The molecule has 0 atom stereocenters. The lowest BCUT2D eigenvalue weighted by molar-refractivity contribution is -0.135. The van der Waals surface area contributed by atoms with Crippen molar-refractivity contribution in [2.75, 3.05) is 0 Å². The van der Waals surface area contributed by atoms with Crippen molar-refractivity contribution in [1.29, 1.82) is 0 Å². The number of aliphatic carboxylic acids is 1. The van der Waals surface area contributed by atoms with Crippen LogP contribution in [0.3, 0.4) is 0 Å². The topological polar surface area (TPSA) is 66.0 Å². The summed E-state index contributed by atoms with van der Waals surface area (Å²) in [6, 6.07) is 15.3. The minimum Gasteiger partial charge on any atom is -0.481 e. The van der Waals surface area contributed by atoms with Crippen molar-refractivity contribution in [3.8, 4) is 0 Å². The fourth-order valence-electron chi connectivity index (χ4n) is 2.23. The summed E-state index contributed by atoms with van der Waals surface area (Å²) >= 11 is 3.39. The van der Waals surface area contributed by atoms with Gasteiger partial charge in [0, 0.05) is 10.0 Å². The minimum absolute atomic E-state index is 0.0874. The van der Waals surface area contributed by atoms with Gasteiger partial charge >= 0.3 is 5.97 Å². The molecule has 0 saturated carbocycles. The van der Waals surface area contributed by atoms with Crippen LogP contribution < -0.4 is 0 Å². The molecule has 0 amide bonds. The first-order valence-electron chi connectivity index (χ1n) is 6.75. The number of aromatic nitrogens is 2. The van der Waals surface area contributed by atoms with Crippen molar-refractivity contribution >= 4 is 44.6 Å². The highest BCUT2D eigenvalue weighted by molar-refractivity contribution is 9.10. The summed E-state index contributed by atoms with van der Waals surface area (Å²) in [6.45, 7) is 0. The zero-order valence-electron chi connectivity index (χ0n) is 11.6. The first-order chi connectivity index (χ1) is 10.6. The summed E-state index contributed by atoms with van der Waals surface area (Å²) in [5.74, 6) is -0.296. The molecule has 3 aromatic rings. The molecule has 2 N–H and O–H groups in total. The van der Waals surface area contributed by atoms with Gasteiger partial charge in [0.1, 0.15) is 5.82 Å². The van der Waals surface area contributed by atoms with Crippen molar-refractivity contribution in [2.24, 2.45) is 0 Å². The van der Waals surface area contributed by atoms with Crippen molar-refractivity contribution in [1.82, 2.24) is 9.97 Å². The van der Waals surface area contributed by atoms with Gasteiger partial charge in [0.25, 0.3) is 0 Å². The average Bonchev–Trinajstić information content (AvgIpc) is 2.92. The second-order valence-electron chi connectivity index (χ2n) is 4.89. The number of hydrogen-bond acceptors (Lipinski definition) is 2. The van der Waals surface area contributed by atoms with E-state index in [0.29, 0.717) is 11.4 Å². The van der Waals surface area contributed by atoms with Gasteiger partial charge in [-0.1, -0.05) is 40.2 Å². The van der Waals surface area contributed by atoms with Crippen molar-refractivity contribution in [3.63, 3.8) is 0 Å². The third-order valence-corrected chi connectivity index (χ3v) is 3.77. The number of hydrogen-bond donors (Lipinski definition) is 2. The molecule has 5 heteroatoms. The Bertz CT molecular complexity index is 817. The van der Waals surface area contributed by atoms with Crippen LogP contribution in [0.4, 0.5) is 0 Å². The van der Waals surface area contributed by atoms with E-state index in [1.807, 2.05) is 54.6 Å². The molecule has 22 heavy (non-hydrogen) atoms. The van der Waals surface area contributed by atoms with E-state index >= 15 is 0 Å². The minimum atomic E-state index is -0.885. The molecule has 0 bridgehead atoms. The first kappa shape index (κ1) is 14.5. The SMILES string of the molecule is O=C(O)CC(=Cc1ccc(Br)cc1)c1nc2ccccc2[nH]1. The quantitative estimate of drug-likeness (QED) is 0.730. The number of nitrogens with zero attached hydrogens (tertiary/aromatic N) is 1. The van der Waals surface area contributed by atoms with Crippen LogP contribution in [0.5, 0.6) is 0 Å². The second kappa shape index (κ2) is 6.15. The Hall–Kier alpha value is -2.40. The Kier molecular flexibility index (Phi) is 4.06. The number of H-pyrrole nitrogens is 1. The molecule has 1 heterocycles. The lowest BCUT2D eigenvalue weighted by atomic mass is 10.1. The summed E-state index contributed by atoms with van der Waals surface area (Å²) in [6.07, 6.45) is 1.76. The monoisotopic (exact) mass is 356 g/mol. The number of carboxylic acids is 1. The van der Waals surface area contributed by atoms with Crippen molar-refractivity contribution in [2.45, 2.75) is 6.42 Å². The van der Waals surface area contributed by atoms with Crippen LogP contribution >= 0.6 is 15.9 Å². The molecule has 0 aliphatic rings. The average molecular weight is 357 g/mol. The predicted molar refractivity (Wildman–Crippen MR) is 90.4 cm³/mol. The lowest BCUT2D eigenvalue weighted by Gasteiger charge is -2.02. The van der Waals surface area contributed by atoms with E-state index in [0.717, 1.165) is 21.1 Å². The number of imidazole rings is 1. The van der Waals surface area contributed by atoms with Crippen LogP contribution in [0.2, 0.25) is 0 Å². The Labute approximate surface area is 135 Å². The fraction of sp³-hybridized carbons (Fsp3) is 0.0588. The zero-order valence-corrected chi connectivity index (χ0v) is 13.2. The van der Waals surface area contributed by atoms with Crippen LogP contribution in [0.25, 0.3) is 22.7 Å². The summed E-state index contributed by atoms with van der Waals surface area (Å²) in [5, 5.41) is 9.15. The predicted octanol–water partition coefficient (Wildman–Crippen LogP) is 4.34. The summed E-state index contributed by atoms with van der Waals surface area (Å²) in [7, 11) is 0. The normalized spacial score (nSPS) is 11.8. The van der Waals surface area contributed by atoms with Crippen molar-refractivity contribution < 1.29 is 9.90 Å². The molecule has 1 aromatic heterocycles. The molecule has 110 valence electrons. The number of rotatable bonds is 4. The van der Waals surface area contributed by atoms with E-state index in [4.69, 9.17) is 5.11 Å². The zero-order chi connectivity index (χ0) is 15.5. The van der Waals surface area contributed by atoms with Crippen molar-refractivity contribution in [3.05, 3.63) is 64.4 Å². The molecule has 0 unspecified atom stereocenters. The van der Waals surface area contributed by atoms with Crippen LogP contribution in [-0.2, 0) is 4.79 Å². The molecule has 0 saturated heterocycles. The maximum absolute atomic E-state index is 11.2. The van der Waals surface area contributed by atoms with Crippen LogP contribution in [0, 0.1) is 0 Å². The molecule has 0 aliphatic heterocycles. The number of para-hydroxylation sites is 2. The van der Waals surface area contributed by atoms with E-state index < -0.39 is 5.97 Å². The molecule has 4 nitrogen and oxygen atoms in total. The molecular weight excluding hydrogens is 344 g/mol. The van der Waals surface area contributed by atoms with Gasteiger partial charge in [-0.05, 0) is 35.9 Å². The molecule has 0 spiro atoms. The maximum Gasteiger partial charge on any atom is 0.307 e. The Morgan fingerprint density at radius 1 is 1.18 bits per heavy atom. The number of fused-ring (bicyclic) bond motifs is 1. The van der Waals surface area contributed by atoms with E-state index in [2.05, 4.69) is 25.9 Å². The van der Waals surface area contributed by atoms with Crippen LogP contribution in [0.1, 0.15) is 17.8 Å². The second-order valence-corrected chi connectivity index (χ2v) is 5.81. The summed E-state index contributed by atoms with van der Waals surface area (Å²) in [5.41, 5.74) is 3.29. The third-order valence-electron chi connectivity index (χ3n) is 3.25. The standard InChI is InChI=1S/C17H13BrN2O2/c18-13-7-5-11(6-8-13)9-12(10-16(21)22)17-19-14-3-1-2-4-15(14)20-17/h1-9H,10H2,(H,19,20)(H,21,22).